The largest absolute Gasteiger partial charge is 0.489 e. The summed E-state index contributed by atoms with van der Waals surface area (Å²) in [6.07, 6.45) is 0.932. The van der Waals surface area contributed by atoms with Gasteiger partial charge in [0.15, 0.2) is 5.17 Å². The monoisotopic (exact) mass is 484 g/mol. The molecule has 0 bridgehead atoms. The SMILES string of the molecule is Cc1cc(=O)oc2cc(OCc3ccc(C(=O)N4CCCSC4=Nc4ccccc4)cc3)ccc12. The quantitative estimate of drug-likeness (QED) is 0.328. The molecule has 2 heterocycles. The summed E-state index contributed by atoms with van der Waals surface area (Å²) >= 11 is 1.61. The fourth-order valence-corrected chi connectivity index (χ4v) is 4.87. The van der Waals surface area contributed by atoms with Crippen LogP contribution in [0.5, 0.6) is 5.75 Å². The summed E-state index contributed by atoms with van der Waals surface area (Å²) in [7, 11) is 0. The Kier molecular flexibility index (Phi) is 6.68. The van der Waals surface area contributed by atoms with Gasteiger partial charge in [0.05, 0.1) is 5.69 Å². The van der Waals surface area contributed by atoms with E-state index < -0.39 is 0 Å². The van der Waals surface area contributed by atoms with Crippen molar-refractivity contribution in [1.29, 1.82) is 0 Å². The van der Waals surface area contributed by atoms with Crippen molar-refractivity contribution in [3.8, 4) is 5.75 Å². The number of rotatable bonds is 5. The molecule has 6 nitrogen and oxygen atoms in total. The molecular formula is C28H24N2O4S. The number of aryl methyl sites for hydroxylation is 1. The number of hydrogen-bond donors (Lipinski definition) is 0. The number of fused-ring (bicyclic) bond motifs is 1. The number of hydrogen-bond acceptors (Lipinski definition) is 6. The third-order valence-electron chi connectivity index (χ3n) is 5.74. The van der Waals surface area contributed by atoms with Crippen molar-refractivity contribution >= 4 is 39.5 Å². The maximum absolute atomic E-state index is 13.2. The van der Waals surface area contributed by atoms with Crippen LogP contribution in [0, 0.1) is 6.92 Å². The number of amidine groups is 1. The van der Waals surface area contributed by atoms with Crippen molar-refractivity contribution in [3.05, 3.63) is 106 Å². The molecule has 1 saturated heterocycles. The second-order valence-electron chi connectivity index (χ2n) is 8.28. The highest BCUT2D eigenvalue weighted by Crippen LogP contribution is 2.25. The molecule has 1 amide bonds. The number of amides is 1. The van der Waals surface area contributed by atoms with Crippen molar-refractivity contribution in [2.45, 2.75) is 20.0 Å². The number of aliphatic imine (C=N–C) groups is 1. The number of carbonyl (C=O) groups excluding carboxylic acids is 1. The summed E-state index contributed by atoms with van der Waals surface area (Å²) in [4.78, 5) is 31.4. The highest BCUT2D eigenvalue weighted by molar-refractivity contribution is 8.13. The van der Waals surface area contributed by atoms with Gasteiger partial charge < -0.3 is 9.15 Å². The fraction of sp³-hybridized carbons (Fsp3) is 0.179. The van der Waals surface area contributed by atoms with E-state index in [1.807, 2.05) is 73.7 Å². The Morgan fingerprint density at radius 1 is 1.06 bits per heavy atom. The molecule has 35 heavy (non-hydrogen) atoms. The number of benzene rings is 3. The molecule has 1 aliphatic rings. The van der Waals surface area contributed by atoms with E-state index >= 15 is 0 Å². The molecule has 0 saturated carbocycles. The molecule has 4 aromatic rings. The summed E-state index contributed by atoms with van der Waals surface area (Å²) in [5, 5.41) is 1.61. The Labute approximate surface area is 207 Å². The molecule has 0 radical (unpaired) electrons. The number of nitrogens with zero attached hydrogens (tertiary/aromatic N) is 2. The number of carbonyl (C=O) groups is 1. The number of para-hydroxylation sites is 1. The minimum Gasteiger partial charge on any atom is -0.489 e. The molecule has 0 aliphatic carbocycles. The zero-order chi connectivity index (χ0) is 24.2. The van der Waals surface area contributed by atoms with Crippen LogP contribution in [0.2, 0.25) is 0 Å². The van der Waals surface area contributed by atoms with Crippen molar-refractivity contribution in [1.82, 2.24) is 4.90 Å². The number of thioether (sulfide) groups is 1. The van der Waals surface area contributed by atoms with Gasteiger partial charge in [0, 0.05) is 35.4 Å². The Morgan fingerprint density at radius 3 is 2.66 bits per heavy atom. The Bertz CT molecular complexity index is 1450. The highest BCUT2D eigenvalue weighted by Gasteiger charge is 2.24. The van der Waals surface area contributed by atoms with Crippen molar-refractivity contribution < 1.29 is 13.9 Å². The standard InChI is InChI=1S/C28H24N2O4S/c1-19-16-26(31)34-25-17-23(12-13-24(19)25)33-18-20-8-10-21(11-9-20)27(32)30-14-5-15-35-28(30)29-22-6-3-2-4-7-22/h2-4,6-13,16-17H,5,14-15,18H2,1H3. The lowest BCUT2D eigenvalue weighted by Crippen LogP contribution is -2.39. The van der Waals surface area contributed by atoms with E-state index in [1.165, 1.54) is 6.07 Å². The van der Waals surface area contributed by atoms with Gasteiger partial charge in [0.25, 0.3) is 5.91 Å². The van der Waals surface area contributed by atoms with Gasteiger partial charge >= 0.3 is 5.63 Å². The van der Waals surface area contributed by atoms with E-state index in [2.05, 4.69) is 0 Å². The average Bonchev–Trinajstić information content (AvgIpc) is 2.88. The maximum atomic E-state index is 13.2. The van der Waals surface area contributed by atoms with E-state index in [0.717, 1.165) is 39.5 Å². The molecule has 0 atom stereocenters. The van der Waals surface area contributed by atoms with E-state index in [4.69, 9.17) is 14.1 Å². The highest BCUT2D eigenvalue weighted by atomic mass is 32.2. The van der Waals surface area contributed by atoms with E-state index in [-0.39, 0.29) is 11.5 Å². The van der Waals surface area contributed by atoms with E-state index in [1.54, 1.807) is 22.7 Å². The van der Waals surface area contributed by atoms with Gasteiger partial charge in [-0.25, -0.2) is 9.79 Å². The summed E-state index contributed by atoms with van der Waals surface area (Å²) < 4.78 is 11.2. The molecule has 0 N–H and O–H groups in total. The lowest BCUT2D eigenvalue weighted by atomic mass is 10.1. The summed E-state index contributed by atoms with van der Waals surface area (Å²) in [5.74, 6) is 1.50. The van der Waals surface area contributed by atoms with Crippen LogP contribution >= 0.6 is 11.8 Å². The van der Waals surface area contributed by atoms with E-state index in [9.17, 15) is 9.59 Å². The van der Waals surface area contributed by atoms with Gasteiger partial charge in [-0.05, 0) is 60.9 Å². The van der Waals surface area contributed by atoms with Crippen LogP contribution < -0.4 is 10.4 Å². The normalized spacial score (nSPS) is 14.9. The Morgan fingerprint density at radius 2 is 1.86 bits per heavy atom. The van der Waals surface area contributed by atoms with Crippen LogP contribution in [0.4, 0.5) is 5.69 Å². The predicted octanol–water partition coefficient (Wildman–Crippen LogP) is 5.95. The Balaban J connectivity index is 1.28. The molecule has 0 unspecified atom stereocenters. The minimum absolute atomic E-state index is 0.0562. The van der Waals surface area contributed by atoms with Crippen LogP contribution in [0.3, 0.4) is 0 Å². The lowest BCUT2D eigenvalue weighted by molar-refractivity contribution is 0.0849. The van der Waals surface area contributed by atoms with Crippen LogP contribution in [-0.2, 0) is 6.61 Å². The summed E-state index contributed by atoms with van der Waals surface area (Å²) in [5.41, 5.74) is 3.37. The first-order valence-corrected chi connectivity index (χ1v) is 12.4. The van der Waals surface area contributed by atoms with Crippen LogP contribution in [0.15, 0.2) is 93.1 Å². The minimum atomic E-state index is -0.378. The maximum Gasteiger partial charge on any atom is 0.336 e. The molecule has 7 heteroatoms. The fourth-order valence-electron chi connectivity index (χ4n) is 3.91. The third-order valence-corrected chi connectivity index (χ3v) is 6.81. The van der Waals surface area contributed by atoms with Crippen molar-refractivity contribution in [3.63, 3.8) is 0 Å². The first-order valence-electron chi connectivity index (χ1n) is 11.4. The molecule has 1 fully saturated rings. The van der Waals surface area contributed by atoms with Gasteiger partial charge in [-0.2, -0.15) is 0 Å². The first kappa shape index (κ1) is 22.9. The van der Waals surface area contributed by atoms with Gasteiger partial charge in [0.2, 0.25) is 0 Å². The smallest absolute Gasteiger partial charge is 0.336 e. The second-order valence-corrected chi connectivity index (χ2v) is 9.34. The summed E-state index contributed by atoms with van der Waals surface area (Å²) in [6.45, 7) is 2.86. The topological polar surface area (TPSA) is 72.1 Å². The number of ether oxygens (including phenoxy) is 1. The molecule has 5 rings (SSSR count). The molecule has 1 aliphatic heterocycles. The van der Waals surface area contributed by atoms with Gasteiger partial charge in [0.1, 0.15) is 17.9 Å². The first-order chi connectivity index (χ1) is 17.1. The Hall–Kier alpha value is -3.84. The molecule has 176 valence electrons. The molecule has 0 spiro atoms. The van der Waals surface area contributed by atoms with Crippen LogP contribution in [0.25, 0.3) is 11.0 Å². The second kappa shape index (κ2) is 10.2. The van der Waals surface area contributed by atoms with Gasteiger partial charge in [-0.15, -0.1) is 0 Å². The molecule has 3 aromatic carbocycles. The van der Waals surface area contributed by atoms with Crippen molar-refractivity contribution in [2.24, 2.45) is 4.99 Å². The van der Waals surface area contributed by atoms with Crippen molar-refractivity contribution in [2.75, 3.05) is 12.3 Å². The van der Waals surface area contributed by atoms with Crippen LogP contribution in [0.1, 0.15) is 27.9 Å². The third kappa shape index (κ3) is 5.30. The van der Waals surface area contributed by atoms with Gasteiger partial charge in [-0.3, -0.25) is 9.69 Å². The van der Waals surface area contributed by atoms with Crippen LogP contribution in [-0.4, -0.2) is 28.3 Å². The summed E-state index contributed by atoms with van der Waals surface area (Å²) in [6, 6.07) is 24.1. The zero-order valence-electron chi connectivity index (χ0n) is 19.3. The zero-order valence-corrected chi connectivity index (χ0v) is 20.1. The molecule has 1 aromatic heterocycles. The lowest BCUT2D eigenvalue weighted by Gasteiger charge is -2.27. The van der Waals surface area contributed by atoms with Gasteiger partial charge in [-0.1, -0.05) is 42.1 Å². The predicted molar refractivity (Wildman–Crippen MR) is 140 cm³/mol. The molecular weight excluding hydrogens is 460 g/mol. The average molecular weight is 485 g/mol. The van der Waals surface area contributed by atoms with E-state index in [0.29, 0.717) is 30.0 Å².